The summed E-state index contributed by atoms with van der Waals surface area (Å²) in [5.41, 5.74) is 0.272. The van der Waals surface area contributed by atoms with Crippen LogP contribution in [0.1, 0.15) is 20.3 Å². The van der Waals surface area contributed by atoms with Crippen LogP contribution < -0.4 is 0 Å². The van der Waals surface area contributed by atoms with Crippen LogP contribution in [0.3, 0.4) is 0 Å². The molecule has 1 aliphatic heterocycles. The molecule has 16 heavy (non-hydrogen) atoms. The molecule has 0 aromatic heterocycles. The Kier molecular flexibility index (Phi) is 4.73. The van der Waals surface area contributed by atoms with E-state index in [1.807, 2.05) is 0 Å². The molecule has 1 aliphatic rings. The van der Waals surface area contributed by atoms with Crippen molar-refractivity contribution in [3.63, 3.8) is 0 Å². The largest absolute Gasteiger partial charge is 0.292 e. The first kappa shape index (κ1) is 13.9. The predicted molar refractivity (Wildman–Crippen MR) is 69.2 cm³/mol. The summed E-state index contributed by atoms with van der Waals surface area (Å²) < 4.78 is 0. The maximum Gasteiger partial charge on any atom is 0.0523 e. The molecule has 1 rings (SSSR count). The summed E-state index contributed by atoms with van der Waals surface area (Å²) in [4.78, 5) is 9.62. The van der Waals surface area contributed by atoms with Crippen LogP contribution in [-0.2, 0) is 0 Å². The minimum absolute atomic E-state index is 0.272. The molecule has 1 atom stereocenters. The third-order valence-corrected chi connectivity index (χ3v) is 3.71. The molecule has 0 aliphatic carbocycles. The van der Waals surface area contributed by atoms with Crippen molar-refractivity contribution in [3.05, 3.63) is 0 Å². The molecule has 0 N–H and O–H groups in total. The van der Waals surface area contributed by atoms with E-state index in [0.29, 0.717) is 0 Å². The second-order valence-corrected chi connectivity index (χ2v) is 5.70. The third kappa shape index (κ3) is 3.42. The molecule has 96 valence electrons. The first-order valence-corrected chi connectivity index (χ1v) is 6.14. The van der Waals surface area contributed by atoms with Gasteiger partial charge in [-0.15, -0.1) is 0 Å². The van der Waals surface area contributed by atoms with Crippen LogP contribution in [0, 0.1) is 0 Å². The van der Waals surface area contributed by atoms with E-state index in [0.717, 1.165) is 26.6 Å². The summed E-state index contributed by atoms with van der Waals surface area (Å²) in [5, 5.41) is 0. The maximum absolute atomic E-state index is 2.47. The zero-order chi connectivity index (χ0) is 12.3. The monoisotopic (exact) mass is 228 g/mol. The van der Waals surface area contributed by atoms with Crippen molar-refractivity contribution in [2.24, 2.45) is 0 Å². The molecule has 1 heterocycles. The van der Waals surface area contributed by atoms with Gasteiger partial charge in [0, 0.05) is 12.1 Å². The highest BCUT2D eigenvalue weighted by Crippen LogP contribution is 2.20. The number of rotatable bonds is 1. The normalized spacial score (nSPS) is 33.4. The number of likely N-dealkylation sites (N-methyl/N-ethyl adjacent to an activating group) is 2. The summed E-state index contributed by atoms with van der Waals surface area (Å²) in [6.07, 6.45) is 1.19. The van der Waals surface area contributed by atoms with Crippen LogP contribution in [0.15, 0.2) is 0 Å². The fraction of sp³-hybridized carbons (Fsp3) is 1.00. The van der Waals surface area contributed by atoms with Crippen LogP contribution in [-0.4, -0.2) is 79.9 Å². The molecule has 0 aromatic rings. The average molecular weight is 228 g/mol. The fourth-order valence-corrected chi connectivity index (χ4v) is 2.58. The van der Waals surface area contributed by atoms with Crippen molar-refractivity contribution in [2.45, 2.75) is 25.8 Å². The SMILES string of the molecule is CCC1(C)CN(C)CN(C)CN(C)CN1C. The quantitative estimate of drug-likeness (QED) is 0.657. The first-order valence-electron chi connectivity index (χ1n) is 6.14. The van der Waals surface area contributed by atoms with Gasteiger partial charge in [-0.25, -0.2) is 0 Å². The van der Waals surface area contributed by atoms with Gasteiger partial charge in [-0.2, -0.15) is 0 Å². The highest BCUT2D eigenvalue weighted by molar-refractivity contribution is 4.86. The van der Waals surface area contributed by atoms with Crippen molar-refractivity contribution in [3.8, 4) is 0 Å². The van der Waals surface area contributed by atoms with Crippen molar-refractivity contribution in [2.75, 3.05) is 54.7 Å². The summed E-state index contributed by atoms with van der Waals surface area (Å²) in [6, 6.07) is 0. The molecular weight excluding hydrogens is 200 g/mol. The highest BCUT2D eigenvalue weighted by Gasteiger charge is 2.30. The molecule has 1 unspecified atom stereocenters. The van der Waals surface area contributed by atoms with E-state index < -0.39 is 0 Å². The van der Waals surface area contributed by atoms with Gasteiger partial charge in [-0.3, -0.25) is 19.6 Å². The topological polar surface area (TPSA) is 13.0 Å². The van der Waals surface area contributed by atoms with E-state index in [1.54, 1.807) is 0 Å². The van der Waals surface area contributed by atoms with Gasteiger partial charge in [0.2, 0.25) is 0 Å². The molecular formula is C12H28N4. The van der Waals surface area contributed by atoms with Gasteiger partial charge in [0.25, 0.3) is 0 Å². The Labute approximate surface area is 101 Å². The molecule has 0 saturated carbocycles. The molecule has 0 bridgehead atoms. The lowest BCUT2D eigenvalue weighted by molar-refractivity contribution is 0.0566. The van der Waals surface area contributed by atoms with E-state index >= 15 is 0 Å². The average Bonchev–Trinajstić information content (AvgIpc) is 2.17. The Morgan fingerprint density at radius 1 is 0.875 bits per heavy atom. The van der Waals surface area contributed by atoms with E-state index in [1.165, 1.54) is 6.42 Å². The van der Waals surface area contributed by atoms with E-state index in [9.17, 15) is 0 Å². The van der Waals surface area contributed by atoms with Crippen molar-refractivity contribution < 1.29 is 0 Å². The van der Waals surface area contributed by atoms with Crippen LogP contribution in [0.4, 0.5) is 0 Å². The van der Waals surface area contributed by atoms with E-state index in [-0.39, 0.29) is 5.54 Å². The van der Waals surface area contributed by atoms with Gasteiger partial charge in [0.05, 0.1) is 20.0 Å². The minimum atomic E-state index is 0.272. The number of nitrogens with zero attached hydrogens (tertiary/aromatic N) is 4. The molecule has 1 fully saturated rings. The predicted octanol–water partition coefficient (Wildman–Crippen LogP) is 0.768. The lowest BCUT2D eigenvalue weighted by Gasteiger charge is -2.41. The summed E-state index contributed by atoms with van der Waals surface area (Å²) in [5.74, 6) is 0. The zero-order valence-corrected chi connectivity index (χ0v) is 11.8. The van der Waals surface area contributed by atoms with Gasteiger partial charge >= 0.3 is 0 Å². The second-order valence-electron chi connectivity index (χ2n) is 5.70. The van der Waals surface area contributed by atoms with Crippen molar-refractivity contribution in [1.82, 2.24) is 19.6 Å². The number of hydrogen-bond acceptors (Lipinski definition) is 4. The standard InChI is InChI=1S/C12H28N4/c1-7-12(2)8-13(3)9-14(4)10-15(5)11-16(12)6/h7-11H2,1-6H3. The molecule has 4 nitrogen and oxygen atoms in total. The van der Waals surface area contributed by atoms with Crippen LogP contribution in [0.5, 0.6) is 0 Å². The number of hydrogen-bond donors (Lipinski definition) is 0. The minimum Gasteiger partial charge on any atom is -0.292 e. The second kappa shape index (κ2) is 5.45. The lowest BCUT2D eigenvalue weighted by atomic mass is 9.96. The zero-order valence-electron chi connectivity index (χ0n) is 11.8. The van der Waals surface area contributed by atoms with Gasteiger partial charge in [0.1, 0.15) is 0 Å². The Balaban J connectivity index is 2.80. The lowest BCUT2D eigenvalue weighted by Crippen LogP contribution is -2.52. The molecule has 0 spiro atoms. The summed E-state index contributed by atoms with van der Waals surface area (Å²) in [7, 11) is 8.82. The summed E-state index contributed by atoms with van der Waals surface area (Å²) in [6.45, 7) is 8.86. The van der Waals surface area contributed by atoms with Crippen molar-refractivity contribution >= 4 is 0 Å². The van der Waals surface area contributed by atoms with Gasteiger partial charge < -0.3 is 0 Å². The molecule has 0 radical (unpaired) electrons. The Morgan fingerprint density at radius 2 is 1.38 bits per heavy atom. The van der Waals surface area contributed by atoms with Gasteiger partial charge in [-0.1, -0.05) is 6.92 Å². The maximum atomic E-state index is 2.47. The molecule has 4 heteroatoms. The first-order chi connectivity index (χ1) is 7.37. The van der Waals surface area contributed by atoms with Gasteiger partial charge in [-0.05, 0) is 41.5 Å². The smallest absolute Gasteiger partial charge is 0.0523 e. The Bertz CT molecular complexity index is 221. The Morgan fingerprint density at radius 3 is 1.94 bits per heavy atom. The molecule has 1 saturated heterocycles. The van der Waals surface area contributed by atoms with Crippen LogP contribution >= 0.6 is 0 Å². The highest BCUT2D eigenvalue weighted by atomic mass is 15.4. The Hall–Kier alpha value is -0.160. The summed E-state index contributed by atoms with van der Waals surface area (Å²) >= 11 is 0. The van der Waals surface area contributed by atoms with Crippen molar-refractivity contribution in [1.29, 1.82) is 0 Å². The van der Waals surface area contributed by atoms with Crippen LogP contribution in [0.25, 0.3) is 0 Å². The van der Waals surface area contributed by atoms with Gasteiger partial charge in [0.15, 0.2) is 0 Å². The van der Waals surface area contributed by atoms with E-state index in [2.05, 4.69) is 61.6 Å². The fourth-order valence-electron chi connectivity index (χ4n) is 2.58. The third-order valence-electron chi connectivity index (χ3n) is 3.71. The molecule has 0 aromatic carbocycles. The van der Waals surface area contributed by atoms with Crippen LogP contribution in [0.2, 0.25) is 0 Å². The molecule has 0 amide bonds. The van der Waals surface area contributed by atoms with E-state index in [4.69, 9.17) is 0 Å².